The second-order valence-corrected chi connectivity index (χ2v) is 3.79. The summed E-state index contributed by atoms with van der Waals surface area (Å²) in [7, 11) is 1.77. The Morgan fingerprint density at radius 2 is 2.11 bits per heavy atom. The fourth-order valence-electron chi connectivity index (χ4n) is 1.59. The molecule has 5 nitrogen and oxygen atoms in total. The lowest BCUT2D eigenvalue weighted by Crippen LogP contribution is -2.14. The van der Waals surface area contributed by atoms with Gasteiger partial charge < -0.3 is 10.6 Å². The van der Waals surface area contributed by atoms with Gasteiger partial charge in [-0.25, -0.2) is 0 Å². The smallest absolute Gasteiger partial charge is 0.274 e. The van der Waals surface area contributed by atoms with Gasteiger partial charge in [0.15, 0.2) is 0 Å². The number of rotatable bonds is 3. The predicted molar refractivity (Wildman–Crippen MR) is 72.9 cm³/mol. The van der Waals surface area contributed by atoms with Crippen LogP contribution in [0.15, 0.2) is 42.6 Å². The summed E-state index contributed by atoms with van der Waals surface area (Å²) in [5, 5.41) is 14.6. The van der Waals surface area contributed by atoms with Crippen LogP contribution in [0.2, 0.25) is 0 Å². The van der Waals surface area contributed by atoms with Crippen molar-refractivity contribution in [2.75, 3.05) is 17.7 Å². The highest BCUT2D eigenvalue weighted by Crippen LogP contribution is 2.15. The van der Waals surface area contributed by atoms with Gasteiger partial charge in [0.2, 0.25) is 0 Å². The molecule has 0 bridgehead atoms. The van der Waals surface area contributed by atoms with Crippen LogP contribution in [0.5, 0.6) is 0 Å². The minimum absolute atomic E-state index is 0.291. The van der Waals surface area contributed by atoms with E-state index in [1.54, 1.807) is 49.6 Å². The third kappa shape index (κ3) is 2.87. The van der Waals surface area contributed by atoms with E-state index in [4.69, 9.17) is 5.26 Å². The molecule has 0 aliphatic carbocycles. The number of carbonyl (C=O) groups excluding carboxylic acids is 1. The summed E-state index contributed by atoms with van der Waals surface area (Å²) in [6.45, 7) is 0. The summed E-state index contributed by atoms with van der Waals surface area (Å²) in [5.41, 5.74) is 1.99. The number of aromatic nitrogens is 1. The number of nitriles is 1. The molecule has 0 aliphatic rings. The van der Waals surface area contributed by atoms with Gasteiger partial charge in [-0.1, -0.05) is 12.1 Å². The van der Waals surface area contributed by atoms with Gasteiger partial charge in [0, 0.05) is 18.9 Å². The molecule has 0 spiro atoms. The van der Waals surface area contributed by atoms with Gasteiger partial charge in [0.1, 0.15) is 11.8 Å². The molecule has 2 aromatic rings. The van der Waals surface area contributed by atoms with Gasteiger partial charge >= 0.3 is 0 Å². The zero-order chi connectivity index (χ0) is 13.7. The molecule has 0 saturated heterocycles. The minimum atomic E-state index is -0.347. The molecule has 0 atom stereocenters. The second kappa shape index (κ2) is 5.65. The summed E-state index contributed by atoms with van der Waals surface area (Å²) in [5.74, 6) is -0.347. The average Bonchev–Trinajstić information content (AvgIpc) is 2.47. The van der Waals surface area contributed by atoms with Crippen molar-refractivity contribution in [3.05, 3.63) is 53.9 Å². The Bertz CT molecular complexity index is 646. The zero-order valence-electron chi connectivity index (χ0n) is 10.3. The Morgan fingerprint density at radius 1 is 1.32 bits per heavy atom. The third-order valence-corrected chi connectivity index (χ3v) is 2.58. The molecule has 2 N–H and O–H groups in total. The van der Waals surface area contributed by atoms with E-state index in [2.05, 4.69) is 15.6 Å². The molecular formula is C14H12N4O. The van der Waals surface area contributed by atoms with Crippen molar-refractivity contribution in [3.8, 4) is 6.07 Å². The second-order valence-electron chi connectivity index (χ2n) is 3.79. The number of para-hydroxylation sites is 1. The number of nitrogens with one attached hydrogen (secondary N) is 2. The van der Waals surface area contributed by atoms with Crippen molar-refractivity contribution in [1.29, 1.82) is 5.26 Å². The molecule has 1 aromatic heterocycles. The van der Waals surface area contributed by atoms with Crippen LogP contribution in [0.3, 0.4) is 0 Å². The molecule has 0 aliphatic heterocycles. The normalized spacial score (nSPS) is 9.47. The van der Waals surface area contributed by atoms with Crippen LogP contribution in [-0.4, -0.2) is 17.9 Å². The van der Waals surface area contributed by atoms with Crippen molar-refractivity contribution in [3.63, 3.8) is 0 Å². The fourth-order valence-corrected chi connectivity index (χ4v) is 1.59. The Kier molecular flexibility index (Phi) is 3.74. The highest BCUT2D eigenvalue weighted by atomic mass is 16.1. The number of anilines is 2. The molecule has 0 saturated carbocycles. The van der Waals surface area contributed by atoms with E-state index in [1.807, 2.05) is 6.07 Å². The summed E-state index contributed by atoms with van der Waals surface area (Å²) in [4.78, 5) is 16.0. The maximum absolute atomic E-state index is 12.0. The monoisotopic (exact) mass is 252 g/mol. The molecule has 1 heterocycles. The van der Waals surface area contributed by atoms with E-state index < -0.39 is 0 Å². The number of benzene rings is 1. The van der Waals surface area contributed by atoms with Crippen molar-refractivity contribution in [2.45, 2.75) is 0 Å². The van der Waals surface area contributed by atoms with Gasteiger partial charge in [-0.15, -0.1) is 0 Å². The SMILES string of the molecule is CNc1ccnc(C(=O)Nc2ccccc2C#N)c1. The van der Waals surface area contributed by atoms with Crippen LogP contribution in [0.4, 0.5) is 11.4 Å². The quantitative estimate of drug-likeness (QED) is 0.878. The van der Waals surface area contributed by atoms with Crippen LogP contribution < -0.4 is 10.6 Å². The number of hydrogen-bond acceptors (Lipinski definition) is 4. The lowest BCUT2D eigenvalue weighted by atomic mass is 10.2. The van der Waals surface area contributed by atoms with Crippen molar-refractivity contribution in [1.82, 2.24) is 4.98 Å². The maximum atomic E-state index is 12.0. The van der Waals surface area contributed by atoms with Crippen molar-refractivity contribution >= 4 is 17.3 Å². The molecule has 19 heavy (non-hydrogen) atoms. The number of nitrogens with zero attached hydrogens (tertiary/aromatic N) is 2. The Labute approximate surface area is 110 Å². The number of pyridine rings is 1. The summed E-state index contributed by atoms with van der Waals surface area (Å²) >= 11 is 0. The number of amides is 1. The number of carbonyl (C=O) groups is 1. The first-order valence-electron chi connectivity index (χ1n) is 5.69. The van der Waals surface area contributed by atoms with Gasteiger partial charge in [-0.3, -0.25) is 9.78 Å². The molecule has 0 unspecified atom stereocenters. The zero-order valence-corrected chi connectivity index (χ0v) is 10.3. The average molecular weight is 252 g/mol. The van der Waals surface area contributed by atoms with E-state index in [0.29, 0.717) is 16.9 Å². The molecule has 5 heteroatoms. The minimum Gasteiger partial charge on any atom is -0.388 e. The molecule has 2 rings (SSSR count). The Morgan fingerprint density at radius 3 is 2.84 bits per heavy atom. The van der Waals surface area contributed by atoms with Crippen LogP contribution in [0, 0.1) is 11.3 Å². The van der Waals surface area contributed by atoms with E-state index >= 15 is 0 Å². The predicted octanol–water partition coefficient (Wildman–Crippen LogP) is 2.25. The Hall–Kier alpha value is -2.87. The fraction of sp³-hybridized carbons (Fsp3) is 0.0714. The van der Waals surface area contributed by atoms with Gasteiger partial charge in [-0.05, 0) is 24.3 Å². The molecule has 1 amide bonds. The number of hydrogen-bond donors (Lipinski definition) is 2. The topological polar surface area (TPSA) is 77.8 Å². The van der Waals surface area contributed by atoms with Gasteiger partial charge in [0.05, 0.1) is 11.3 Å². The van der Waals surface area contributed by atoms with Crippen molar-refractivity contribution in [2.24, 2.45) is 0 Å². The highest BCUT2D eigenvalue weighted by molar-refractivity contribution is 6.04. The molecule has 1 aromatic carbocycles. The van der Waals surface area contributed by atoms with E-state index in [-0.39, 0.29) is 5.91 Å². The van der Waals surface area contributed by atoms with Gasteiger partial charge in [0.25, 0.3) is 5.91 Å². The van der Waals surface area contributed by atoms with Crippen LogP contribution in [0.25, 0.3) is 0 Å². The van der Waals surface area contributed by atoms with Crippen molar-refractivity contribution < 1.29 is 4.79 Å². The van der Waals surface area contributed by atoms with Gasteiger partial charge in [-0.2, -0.15) is 5.26 Å². The summed E-state index contributed by atoms with van der Waals surface area (Å²) in [6, 6.07) is 12.3. The molecule has 0 fully saturated rings. The standard InChI is InChI=1S/C14H12N4O/c1-16-11-6-7-17-13(8-11)14(19)18-12-5-3-2-4-10(12)9-15/h2-8H,1H3,(H,16,17)(H,18,19). The molecule has 94 valence electrons. The lowest BCUT2D eigenvalue weighted by molar-refractivity contribution is 0.102. The highest BCUT2D eigenvalue weighted by Gasteiger charge is 2.10. The van der Waals surface area contributed by atoms with Crippen LogP contribution in [0.1, 0.15) is 16.1 Å². The molecule has 0 radical (unpaired) electrons. The largest absolute Gasteiger partial charge is 0.388 e. The summed E-state index contributed by atoms with van der Waals surface area (Å²) in [6.07, 6.45) is 1.55. The lowest BCUT2D eigenvalue weighted by Gasteiger charge is -2.07. The first kappa shape index (κ1) is 12.6. The Balaban J connectivity index is 2.23. The van der Waals surface area contributed by atoms with Crippen LogP contribution >= 0.6 is 0 Å². The van der Waals surface area contributed by atoms with Crippen LogP contribution in [-0.2, 0) is 0 Å². The van der Waals surface area contributed by atoms with E-state index in [9.17, 15) is 4.79 Å². The maximum Gasteiger partial charge on any atom is 0.274 e. The first-order valence-corrected chi connectivity index (χ1v) is 5.69. The summed E-state index contributed by atoms with van der Waals surface area (Å²) < 4.78 is 0. The first-order chi connectivity index (χ1) is 9.24. The van der Waals surface area contributed by atoms with E-state index in [0.717, 1.165) is 5.69 Å². The van der Waals surface area contributed by atoms with E-state index in [1.165, 1.54) is 0 Å². The third-order valence-electron chi connectivity index (χ3n) is 2.58. The molecular weight excluding hydrogens is 240 g/mol.